The van der Waals surface area contributed by atoms with Gasteiger partial charge in [0.1, 0.15) is 0 Å². The van der Waals surface area contributed by atoms with Crippen LogP contribution in [0.5, 0.6) is 0 Å². The third-order valence-electron chi connectivity index (χ3n) is 6.62. The Morgan fingerprint density at radius 2 is 1.56 bits per heavy atom. The number of aromatic carboxylic acids is 1. The number of nitrogens with one attached hydrogen (secondary N) is 1. The van der Waals surface area contributed by atoms with Crippen molar-refractivity contribution in [3.05, 3.63) is 84.4 Å². The van der Waals surface area contributed by atoms with Crippen LogP contribution < -0.4 is 10.2 Å². The molecule has 0 radical (unpaired) electrons. The van der Waals surface area contributed by atoms with Gasteiger partial charge in [0, 0.05) is 24.5 Å². The zero-order valence-electron chi connectivity index (χ0n) is 21.2. The average Bonchev–Trinajstić information content (AvgIpc) is 3.35. The number of carboxylic acids is 1. The van der Waals surface area contributed by atoms with Crippen molar-refractivity contribution in [1.82, 2.24) is 9.62 Å². The summed E-state index contributed by atoms with van der Waals surface area (Å²) in [4.78, 5) is 38.1. The number of carboxylic acid groups (broad SMARTS) is 1. The van der Waals surface area contributed by atoms with Crippen LogP contribution in [0.15, 0.2) is 83.8 Å². The Kier molecular flexibility index (Phi) is 8.86. The Balaban J connectivity index is 1.38. The molecule has 2 N–H and O–H groups in total. The summed E-state index contributed by atoms with van der Waals surface area (Å²) in [6.07, 6.45) is 0.273. The van der Waals surface area contributed by atoms with E-state index in [-0.39, 0.29) is 53.5 Å². The number of benzene rings is 3. The lowest BCUT2D eigenvalue weighted by Crippen LogP contribution is -2.45. The van der Waals surface area contributed by atoms with Crippen molar-refractivity contribution in [2.75, 3.05) is 31.6 Å². The molecule has 1 saturated heterocycles. The summed E-state index contributed by atoms with van der Waals surface area (Å²) in [6, 6.07) is 21.1. The zero-order valence-corrected chi connectivity index (χ0v) is 22.9. The molecule has 4 rings (SSSR count). The number of carbonyl (C=O) groups is 3. The molecule has 1 aliphatic heterocycles. The number of Topliss-reactive ketones (excluding diaryl/α,β-unsaturated/α-hetero) is 1. The van der Waals surface area contributed by atoms with Gasteiger partial charge >= 0.3 is 5.97 Å². The lowest BCUT2D eigenvalue weighted by molar-refractivity contribution is -0.121. The van der Waals surface area contributed by atoms with E-state index in [0.717, 1.165) is 11.1 Å². The number of sulfonamides is 1. The topological polar surface area (TPSA) is 124 Å². The van der Waals surface area contributed by atoms with Crippen molar-refractivity contribution < 1.29 is 27.9 Å². The number of hydrogen-bond donors (Lipinski definition) is 3. The minimum absolute atomic E-state index is 0.0982. The van der Waals surface area contributed by atoms with Gasteiger partial charge in [-0.2, -0.15) is 16.9 Å². The van der Waals surface area contributed by atoms with Gasteiger partial charge in [-0.1, -0.05) is 42.5 Å². The molecule has 0 aliphatic carbocycles. The predicted molar refractivity (Wildman–Crippen MR) is 152 cm³/mol. The fourth-order valence-corrected chi connectivity index (χ4v) is 6.58. The Morgan fingerprint density at radius 3 is 2.18 bits per heavy atom. The Hall–Kier alpha value is -3.51. The number of rotatable bonds is 10. The van der Waals surface area contributed by atoms with Gasteiger partial charge in [-0.05, 0) is 53.9 Å². The summed E-state index contributed by atoms with van der Waals surface area (Å²) in [5.41, 5.74) is 2.46. The minimum atomic E-state index is -3.95. The Labute approximate surface area is 232 Å². The first kappa shape index (κ1) is 28.5. The maximum absolute atomic E-state index is 13.5. The lowest BCUT2D eigenvalue weighted by atomic mass is 10.1. The van der Waals surface area contributed by atoms with E-state index in [1.54, 1.807) is 31.3 Å². The fraction of sp³-hybridized carbons (Fsp3) is 0.250. The molecule has 0 spiro atoms. The van der Waals surface area contributed by atoms with Crippen LogP contribution in [-0.2, 0) is 19.6 Å². The molecule has 39 heavy (non-hydrogen) atoms. The highest BCUT2D eigenvalue weighted by Crippen LogP contribution is 2.30. The third kappa shape index (κ3) is 6.56. The Bertz CT molecular complexity index is 1440. The van der Waals surface area contributed by atoms with E-state index in [0.29, 0.717) is 5.69 Å². The summed E-state index contributed by atoms with van der Waals surface area (Å²) < 4.78 is 28.1. The van der Waals surface area contributed by atoms with Crippen molar-refractivity contribution in [3.63, 3.8) is 0 Å². The average molecular weight is 568 g/mol. The van der Waals surface area contributed by atoms with E-state index in [1.165, 1.54) is 33.5 Å². The first-order chi connectivity index (χ1) is 18.6. The molecule has 3 aromatic rings. The smallest absolute Gasteiger partial charge is 0.335 e. The van der Waals surface area contributed by atoms with Crippen LogP contribution in [0, 0.1) is 0 Å². The molecule has 1 aliphatic rings. The number of likely N-dealkylation sites (N-methyl/N-ethyl adjacent to an activating group) is 1. The highest BCUT2D eigenvalue weighted by molar-refractivity contribution is 7.89. The molecule has 0 bridgehead atoms. The van der Waals surface area contributed by atoms with Crippen molar-refractivity contribution in [1.29, 1.82) is 0 Å². The number of anilines is 1. The van der Waals surface area contributed by atoms with Gasteiger partial charge in [-0.25, -0.2) is 13.2 Å². The van der Waals surface area contributed by atoms with Gasteiger partial charge in [0.25, 0.3) is 0 Å². The molecule has 1 fully saturated rings. The first-order valence-electron chi connectivity index (χ1n) is 12.3. The van der Waals surface area contributed by atoms with Crippen LogP contribution in [0.1, 0.15) is 16.8 Å². The van der Waals surface area contributed by atoms with Crippen molar-refractivity contribution in [3.8, 4) is 11.1 Å². The van der Waals surface area contributed by atoms with Crippen LogP contribution in [0.4, 0.5) is 5.69 Å². The molecular formula is C28H29N3O6S2. The quantitative estimate of drug-likeness (QED) is 0.322. The van der Waals surface area contributed by atoms with Crippen LogP contribution in [0.2, 0.25) is 0 Å². The molecule has 2 atom stereocenters. The second-order valence-corrected chi connectivity index (χ2v) is 11.9. The molecular weight excluding hydrogens is 538 g/mol. The molecule has 1 heterocycles. The van der Waals surface area contributed by atoms with Gasteiger partial charge in [0.2, 0.25) is 15.9 Å². The third-order valence-corrected chi connectivity index (χ3v) is 8.89. The molecule has 0 aromatic heterocycles. The fourth-order valence-electron chi connectivity index (χ4n) is 4.43. The maximum Gasteiger partial charge on any atom is 0.335 e. The van der Waals surface area contributed by atoms with Crippen LogP contribution in [0.3, 0.4) is 0 Å². The normalized spacial score (nSPS) is 17.6. The van der Waals surface area contributed by atoms with E-state index < -0.39 is 22.0 Å². The summed E-state index contributed by atoms with van der Waals surface area (Å²) in [5, 5.41) is 11.5. The largest absolute Gasteiger partial charge is 0.478 e. The number of carbonyl (C=O) groups excluding carboxylic acids is 2. The van der Waals surface area contributed by atoms with Crippen molar-refractivity contribution in [2.45, 2.75) is 22.6 Å². The van der Waals surface area contributed by atoms with Crippen molar-refractivity contribution >= 4 is 46.0 Å². The maximum atomic E-state index is 13.5. The van der Waals surface area contributed by atoms with Crippen LogP contribution >= 0.6 is 12.6 Å². The molecule has 0 saturated carbocycles. The monoisotopic (exact) mass is 567 g/mol. The number of amides is 1. The van der Waals surface area contributed by atoms with E-state index in [9.17, 15) is 22.8 Å². The summed E-state index contributed by atoms with van der Waals surface area (Å²) >= 11 is 4.45. The highest BCUT2D eigenvalue weighted by atomic mass is 32.2. The minimum Gasteiger partial charge on any atom is -0.478 e. The zero-order chi connectivity index (χ0) is 28.2. The lowest BCUT2D eigenvalue weighted by Gasteiger charge is -2.23. The number of thiol groups is 1. The van der Waals surface area contributed by atoms with Gasteiger partial charge in [0.15, 0.2) is 5.78 Å². The highest BCUT2D eigenvalue weighted by Gasteiger charge is 2.42. The van der Waals surface area contributed by atoms with Crippen molar-refractivity contribution in [2.24, 2.45) is 0 Å². The van der Waals surface area contributed by atoms with E-state index in [4.69, 9.17) is 5.11 Å². The predicted octanol–water partition coefficient (Wildman–Crippen LogP) is 2.93. The number of nitrogens with zero attached hydrogens (tertiary/aromatic N) is 2. The second-order valence-electron chi connectivity index (χ2n) is 9.25. The second kappa shape index (κ2) is 12.1. The van der Waals surface area contributed by atoms with E-state index in [2.05, 4.69) is 17.9 Å². The molecule has 2 unspecified atom stereocenters. The molecule has 204 valence electrons. The number of hydrogen-bond acceptors (Lipinski definition) is 7. The van der Waals surface area contributed by atoms with Crippen LogP contribution in [-0.4, -0.2) is 73.5 Å². The Morgan fingerprint density at radius 1 is 0.949 bits per heavy atom. The summed E-state index contributed by atoms with van der Waals surface area (Å²) in [5.74, 6) is -1.75. The van der Waals surface area contributed by atoms with Gasteiger partial charge < -0.3 is 15.3 Å². The molecule has 1 amide bonds. The summed E-state index contributed by atoms with van der Waals surface area (Å²) in [7, 11) is -2.40. The summed E-state index contributed by atoms with van der Waals surface area (Å²) in [6.45, 7) is -0.244. The van der Waals surface area contributed by atoms with Gasteiger partial charge in [-0.3, -0.25) is 9.59 Å². The SMILES string of the molecule is CN(C(=O)CNCC(=O)C1CC(S)CN1S(=O)(=O)c1ccc(-c2ccccc2)cc1)c1ccc(C(=O)O)cc1. The van der Waals surface area contributed by atoms with Gasteiger partial charge in [-0.15, -0.1) is 0 Å². The van der Waals surface area contributed by atoms with Crippen LogP contribution in [0.25, 0.3) is 11.1 Å². The van der Waals surface area contributed by atoms with E-state index >= 15 is 0 Å². The molecule has 9 nitrogen and oxygen atoms in total. The first-order valence-corrected chi connectivity index (χ1v) is 14.2. The standard InChI is InChI=1S/C28H29N3O6S2/c1-30(22-11-7-21(8-12-22)28(34)35)27(33)17-29-16-26(32)25-15-23(38)18-31(25)39(36,37)24-13-9-20(10-14-24)19-5-3-2-4-6-19/h2-14,23,25,29,38H,15-18H2,1H3,(H,34,35). The van der Waals surface area contributed by atoms with Gasteiger partial charge in [0.05, 0.1) is 29.6 Å². The number of ketones is 1. The van der Waals surface area contributed by atoms with E-state index in [1.807, 2.05) is 30.3 Å². The molecule has 11 heteroatoms. The molecule has 3 aromatic carbocycles.